The monoisotopic (exact) mass is 374 g/mol. The largest absolute Gasteiger partial charge is 0.341 e. The van der Waals surface area contributed by atoms with E-state index in [1.165, 1.54) is 17.0 Å². The van der Waals surface area contributed by atoms with Crippen molar-refractivity contribution in [2.45, 2.75) is 17.7 Å². The molecule has 2 aliphatic heterocycles. The fourth-order valence-corrected chi connectivity index (χ4v) is 6.44. The molecule has 2 aliphatic rings. The van der Waals surface area contributed by atoms with E-state index in [1.807, 2.05) is 19.0 Å². The highest BCUT2D eigenvalue weighted by Crippen LogP contribution is 2.36. The van der Waals surface area contributed by atoms with Gasteiger partial charge < -0.3 is 9.80 Å². The number of carbonyl (C=O) groups excluding carboxylic acids is 1. The molecule has 0 radical (unpaired) electrons. The van der Waals surface area contributed by atoms with Gasteiger partial charge in [-0.1, -0.05) is 17.7 Å². The zero-order chi connectivity index (χ0) is 17.6. The van der Waals surface area contributed by atoms with E-state index in [1.54, 1.807) is 6.07 Å². The minimum absolute atomic E-state index is 0.0881. The molecule has 0 unspecified atom stereocenters. The number of rotatable bonds is 3. The van der Waals surface area contributed by atoms with Gasteiger partial charge in [-0.15, -0.1) is 0 Å². The standard InChI is InChI=1S/C16H20ClFN2O3S/c1-19(2)14-9-24(22,23)15-8-20(7-11(14)15)16(21)6-10-12(17)4-3-5-13(10)18/h3-5,11,14-15H,6-9H2,1-2H3/t11-,14+,15-/m0/s1. The van der Waals surface area contributed by atoms with Crippen molar-refractivity contribution < 1.29 is 17.6 Å². The van der Waals surface area contributed by atoms with Gasteiger partial charge in [-0.05, 0) is 26.2 Å². The number of amides is 1. The lowest BCUT2D eigenvalue weighted by atomic mass is 10.00. The Bertz CT molecular complexity index is 748. The maximum absolute atomic E-state index is 13.9. The molecular weight excluding hydrogens is 355 g/mol. The minimum atomic E-state index is -3.21. The van der Waals surface area contributed by atoms with Crippen molar-refractivity contribution in [1.82, 2.24) is 9.80 Å². The quantitative estimate of drug-likeness (QED) is 0.798. The van der Waals surface area contributed by atoms with Gasteiger partial charge in [0.1, 0.15) is 5.82 Å². The summed E-state index contributed by atoms with van der Waals surface area (Å²) in [6.45, 7) is 0.569. The summed E-state index contributed by atoms with van der Waals surface area (Å²) in [7, 11) is 0.497. The van der Waals surface area contributed by atoms with Gasteiger partial charge >= 0.3 is 0 Å². The van der Waals surface area contributed by atoms with Crippen LogP contribution in [0.2, 0.25) is 5.02 Å². The average molecular weight is 375 g/mol. The average Bonchev–Trinajstić information content (AvgIpc) is 3.03. The van der Waals surface area contributed by atoms with Crippen molar-refractivity contribution in [1.29, 1.82) is 0 Å². The number of hydrogen-bond acceptors (Lipinski definition) is 4. The lowest BCUT2D eigenvalue weighted by Crippen LogP contribution is -2.39. The van der Waals surface area contributed by atoms with Crippen LogP contribution in [0.1, 0.15) is 5.56 Å². The predicted octanol–water partition coefficient (Wildman–Crippen LogP) is 1.21. The molecule has 1 amide bonds. The molecule has 8 heteroatoms. The van der Waals surface area contributed by atoms with E-state index in [0.717, 1.165) is 0 Å². The molecule has 2 heterocycles. The number of likely N-dealkylation sites (tertiary alicyclic amines) is 1. The highest BCUT2D eigenvalue weighted by atomic mass is 35.5. The first-order chi connectivity index (χ1) is 11.2. The molecule has 0 saturated carbocycles. The molecule has 24 heavy (non-hydrogen) atoms. The molecule has 2 saturated heterocycles. The Balaban J connectivity index is 1.77. The Morgan fingerprint density at radius 3 is 2.71 bits per heavy atom. The summed E-state index contributed by atoms with van der Waals surface area (Å²) in [4.78, 5) is 16.0. The first-order valence-electron chi connectivity index (χ1n) is 7.79. The molecule has 1 aromatic carbocycles. The highest BCUT2D eigenvalue weighted by molar-refractivity contribution is 7.92. The van der Waals surface area contributed by atoms with Crippen LogP contribution >= 0.6 is 11.6 Å². The van der Waals surface area contributed by atoms with Crippen molar-refractivity contribution in [3.05, 3.63) is 34.6 Å². The normalized spacial score (nSPS) is 28.4. The predicted molar refractivity (Wildman–Crippen MR) is 90.2 cm³/mol. The summed E-state index contributed by atoms with van der Waals surface area (Å²) >= 11 is 5.97. The van der Waals surface area contributed by atoms with Crippen LogP contribution < -0.4 is 0 Å². The number of halogens is 2. The third-order valence-electron chi connectivity index (χ3n) is 5.07. The SMILES string of the molecule is CN(C)[C@@H]1CS(=O)(=O)[C@H]2CN(C(=O)Cc3c(F)cccc3Cl)C[C@@H]12. The van der Waals surface area contributed by atoms with E-state index in [0.29, 0.717) is 6.54 Å². The topological polar surface area (TPSA) is 57.7 Å². The van der Waals surface area contributed by atoms with Crippen LogP contribution in [0.15, 0.2) is 18.2 Å². The number of benzene rings is 1. The number of sulfone groups is 1. The fourth-order valence-electron chi connectivity index (χ4n) is 3.73. The van der Waals surface area contributed by atoms with E-state index in [-0.39, 0.29) is 47.2 Å². The second-order valence-electron chi connectivity index (χ2n) is 6.74. The number of fused-ring (bicyclic) bond motifs is 1. The minimum Gasteiger partial charge on any atom is -0.341 e. The smallest absolute Gasteiger partial charge is 0.227 e. The van der Waals surface area contributed by atoms with Gasteiger partial charge in [0, 0.05) is 35.6 Å². The van der Waals surface area contributed by atoms with Gasteiger partial charge in [-0.2, -0.15) is 0 Å². The van der Waals surface area contributed by atoms with Crippen LogP contribution in [0.5, 0.6) is 0 Å². The molecule has 0 aliphatic carbocycles. The van der Waals surface area contributed by atoms with Crippen LogP contribution in [0.25, 0.3) is 0 Å². The maximum atomic E-state index is 13.9. The van der Waals surface area contributed by atoms with Crippen molar-refractivity contribution in [3.63, 3.8) is 0 Å². The lowest BCUT2D eigenvalue weighted by Gasteiger charge is -2.25. The Morgan fingerprint density at radius 2 is 2.08 bits per heavy atom. The van der Waals surface area contributed by atoms with E-state index >= 15 is 0 Å². The third-order valence-corrected chi connectivity index (χ3v) is 7.65. The van der Waals surface area contributed by atoms with Gasteiger partial charge in [0.2, 0.25) is 5.91 Å². The third kappa shape index (κ3) is 3.05. The van der Waals surface area contributed by atoms with E-state index in [9.17, 15) is 17.6 Å². The van der Waals surface area contributed by atoms with Gasteiger partial charge in [0.15, 0.2) is 9.84 Å². The van der Waals surface area contributed by atoms with Crippen molar-refractivity contribution >= 4 is 27.3 Å². The molecule has 0 N–H and O–H groups in total. The van der Waals surface area contributed by atoms with Gasteiger partial charge in [-0.3, -0.25) is 4.79 Å². The Hall–Kier alpha value is -1.18. The molecule has 3 atom stereocenters. The Morgan fingerprint density at radius 1 is 1.38 bits per heavy atom. The van der Waals surface area contributed by atoms with E-state index < -0.39 is 20.9 Å². The molecule has 0 aromatic heterocycles. The number of carbonyl (C=O) groups is 1. The zero-order valence-electron chi connectivity index (χ0n) is 13.6. The first-order valence-corrected chi connectivity index (χ1v) is 9.88. The molecule has 2 fully saturated rings. The van der Waals surface area contributed by atoms with E-state index in [4.69, 9.17) is 11.6 Å². The van der Waals surface area contributed by atoms with Crippen molar-refractivity contribution in [2.24, 2.45) is 5.92 Å². The number of hydrogen-bond donors (Lipinski definition) is 0. The molecule has 132 valence electrons. The molecule has 1 aromatic rings. The summed E-state index contributed by atoms with van der Waals surface area (Å²) in [5.41, 5.74) is 0.160. The zero-order valence-corrected chi connectivity index (χ0v) is 15.1. The summed E-state index contributed by atoms with van der Waals surface area (Å²) in [5, 5.41) is -0.313. The highest BCUT2D eigenvalue weighted by Gasteiger charge is 2.53. The van der Waals surface area contributed by atoms with Crippen LogP contribution in [-0.2, 0) is 21.1 Å². The lowest BCUT2D eigenvalue weighted by molar-refractivity contribution is -0.129. The second-order valence-corrected chi connectivity index (χ2v) is 9.41. The molecule has 0 bridgehead atoms. The summed E-state index contributed by atoms with van der Waals surface area (Å²) in [5.74, 6) is -0.764. The maximum Gasteiger partial charge on any atom is 0.227 e. The van der Waals surface area contributed by atoms with Crippen molar-refractivity contribution in [2.75, 3.05) is 32.9 Å². The molecule has 0 spiro atoms. The van der Waals surface area contributed by atoms with E-state index in [2.05, 4.69) is 0 Å². The van der Waals surface area contributed by atoms with Gasteiger partial charge in [-0.25, -0.2) is 12.8 Å². The summed E-state index contributed by atoms with van der Waals surface area (Å²) in [6.07, 6.45) is -0.155. The second kappa shape index (κ2) is 6.28. The summed E-state index contributed by atoms with van der Waals surface area (Å²) < 4.78 is 38.6. The van der Waals surface area contributed by atoms with Crippen molar-refractivity contribution in [3.8, 4) is 0 Å². The Labute approximate surface area is 146 Å². The summed E-state index contributed by atoms with van der Waals surface area (Å²) in [6, 6.07) is 4.20. The van der Waals surface area contributed by atoms with Gasteiger partial charge in [0.05, 0.1) is 17.4 Å². The fraction of sp³-hybridized carbons (Fsp3) is 0.562. The van der Waals surface area contributed by atoms with Crippen LogP contribution in [-0.4, -0.2) is 68.4 Å². The van der Waals surface area contributed by atoms with Crippen LogP contribution in [0, 0.1) is 11.7 Å². The number of nitrogens with zero attached hydrogens (tertiary/aromatic N) is 2. The van der Waals surface area contributed by atoms with Crippen LogP contribution in [0.3, 0.4) is 0 Å². The first kappa shape index (κ1) is 17.6. The molecular formula is C16H20ClFN2O3S. The molecule has 5 nitrogen and oxygen atoms in total. The molecule has 3 rings (SSSR count). The van der Waals surface area contributed by atoms with Crippen LogP contribution in [0.4, 0.5) is 4.39 Å². The van der Waals surface area contributed by atoms with Gasteiger partial charge in [0.25, 0.3) is 0 Å². The Kier molecular flexibility index (Phi) is 4.61.